The minimum Gasteiger partial charge on any atom is -0.382 e. The highest BCUT2D eigenvalue weighted by atomic mass is 16.5. The van der Waals surface area contributed by atoms with Gasteiger partial charge in [0.15, 0.2) is 0 Å². The molecule has 0 spiro atoms. The van der Waals surface area contributed by atoms with E-state index in [0.29, 0.717) is 25.7 Å². The van der Waals surface area contributed by atoms with Crippen LogP contribution in [0.4, 0.5) is 0 Å². The van der Waals surface area contributed by atoms with Gasteiger partial charge in [-0.15, -0.1) is 0 Å². The molecule has 1 amide bonds. The molecular weight excluding hydrogens is 270 g/mol. The van der Waals surface area contributed by atoms with Gasteiger partial charge in [-0.25, -0.2) is 0 Å². The van der Waals surface area contributed by atoms with Crippen molar-refractivity contribution in [3.63, 3.8) is 0 Å². The zero-order valence-electron chi connectivity index (χ0n) is 14.1. The molecule has 0 aromatic rings. The van der Waals surface area contributed by atoms with Crippen LogP contribution in [0, 0.1) is 11.3 Å². The molecule has 0 bridgehead atoms. The quantitative estimate of drug-likeness (QED) is 0.731. The van der Waals surface area contributed by atoms with Crippen molar-refractivity contribution in [1.29, 1.82) is 0 Å². The van der Waals surface area contributed by atoms with E-state index < -0.39 is 6.10 Å². The zero-order chi connectivity index (χ0) is 15.9. The van der Waals surface area contributed by atoms with Crippen LogP contribution in [-0.2, 0) is 19.0 Å². The van der Waals surface area contributed by atoms with Crippen LogP contribution in [-0.4, -0.2) is 51.6 Å². The van der Waals surface area contributed by atoms with E-state index in [-0.39, 0.29) is 17.4 Å². The van der Waals surface area contributed by atoms with Crippen LogP contribution in [0.1, 0.15) is 40.5 Å². The van der Waals surface area contributed by atoms with Gasteiger partial charge in [-0.2, -0.15) is 0 Å². The van der Waals surface area contributed by atoms with E-state index in [1.54, 1.807) is 14.0 Å². The molecule has 3 unspecified atom stereocenters. The maximum atomic E-state index is 12.0. The molecule has 1 rings (SSSR count). The Labute approximate surface area is 128 Å². The number of rotatable bonds is 7. The van der Waals surface area contributed by atoms with Gasteiger partial charge in [-0.3, -0.25) is 4.79 Å². The lowest BCUT2D eigenvalue weighted by molar-refractivity contribution is -0.134. The Kier molecular flexibility index (Phi) is 7.63. The number of hydrogen-bond donors (Lipinski definition) is 1. The van der Waals surface area contributed by atoms with Crippen LogP contribution in [0.25, 0.3) is 0 Å². The molecule has 0 aromatic carbocycles. The van der Waals surface area contributed by atoms with Gasteiger partial charge in [-0.05, 0) is 25.2 Å². The van der Waals surface area contributed by atoms with Crippen molar-refractivity contribution in [2.24, 2.45) is 11.3 Å². The third kappa shape index (κ3) is 6.32. The van der Waals surface area contributed by atoms with Crippen molar-refractivity contribution in [2.45, 2.75) is 52.7 Å². The Bertz CT molecular complexity index is 314. The molecule has 3 atom stereocenters. The molecule has 1 aliphatic rings. The van der Waals surface area contributed by atoms with Gasteiger partial charge in [0.25, 0.3) is 0 Å². The van der Waals surface area contributed by atoms with E-state index in [1.165, 1.54) is 0 Å². The average Bonchev–Trinajstić information content (AvgIpc) is 2.44. The first-order chi connectivity index (χ1) is 9.86. The molecule has 5 nitrogen and oxygen atoms in total. The molecular formula is C16H31NO4. The lowest BCUT2D eigenvalue weighted by Gasteiger charge is -2.40. The van der Waals surface area contributed by atoms with Gasteiger partial charge in [0.05, 0.1) is 19.3 Å². The molecule has 5 heteroatoms. The van der Waals surface area contributed by atoms with Crippen molar-refractivity contribution in [3.05, 3.63) is 0 Å². The third-order valence-electron chi connectivity index (χ3n) is 3.86. The minimum atomic E-state index is -0.447. The summed E-state index contributed by atoms with van der Waals surface area (Å²) in [5.41, 5.74) is 0.0936. The summed E-state index contributed by atoms with van der Waals surface area (Å²) < 4.78 is 16.2. The van der Waals surface area contributed by atoms with E-state index in [2.05, 4.69) is 26.1 Å². The largest absolute Gasteiger partial charge is 0.382 e. The lowest BCUT2D eigenvalue weighted by Crippen LogP contribution is -2.46. The van der Waals surface area contributed by atoms with E-state index in [1.807, 2.05) is 0 Å². The molecule has 1 saturated heterocycles. The van der Waals surface area contributed by atoms with Gasteiger partial charge in [-0.1, -0.05) is 20.8 Å². The number of amides is 1. The third-order valence-corrected chi connectivity index (χ3v) is 3.86. The highest BCUT2D eigenvalue weighted by Crippen LogP contribution is 2.33. The number of ether oxygens (including phenoxy) is 3. The monoisotopic (exact) mass is 301 g/mol. The molecule has 21 heavy (non-hydrogen) atoms. The van der Waals surface area contributed by atoms with Gasteiger partial charge in [0.2, 0.25) is 5.91 Å². The van der Waals surface area contributed by atoms with Crippen molar-refractivity contribution in [2.75, 3.05) is 33.5 Å². The molecule has 1 aliphatic heterocycles. The Morgan fingerprint density at radius 3 is 2.71 bits per heavy atom. The molecule has 0 radical (unpaired) electrons. The highest BCUT2D eigenvalue weighted by molar-refractivity contribution is 5.80. The smallest absolute Gasteiger partial charge is 0.248 e. The number of nitrogens with one attached hydrogen (secondary N) is 1. The molecule has 124 valence electrons. The first-order valence-corrected chi connectivity index (χ1v) is 7.86. The highest BCUT2D eigenvalue weighted by Gasteiger charge is 2.35. The summed E-state index contributed by atoms with van der Waals surface area (Å²) in [6.07, 6.45) is 1.91. The summed E-state index contributed by atoms with van der Waals surface area (Å²) in [6, 6.07) is 0. The number of hydrogen-bond acceptors (Lipinski definition) is 4. The molecule has 1 heterocycles. The van der Waals surface area contributed by atoms with Crippen molar-refractivity contribution in [3.8, 4) is 0 Å². The van der Waals surface area contributed by atoms with Crippen LogP contribution in [0.5, 0.6) is 0 Å². The fraction of sp³-hybridized carbons (Fsp3) is 0.938. The fourth-order valence-corrected chi connectivity index (χ4v) is 2.77. The second-order valence-electron chi connectivity index (χ2n) is 6.81. The van der Waals surface area contributed by atoms with E-state index >= 15 is 0 Å². The SMILES string of the molecule is COCCOC(C)C(=O)NCC1CCCOC1C(C)(C)C. The summed E-state index contributed by atoms with van der Waals surface area (Å²) in [4.78, 5) is 12.0. The van der Waals surface area contributed by atoms with Gasteiger partial charge in [0.1, 0.15) is 6.10 Å². The van der Waals surface area contributed by atoms with Crippen molar-refractivity contribution in [1.82, 2.24) is 5.32 Å². The predicted octanol–water partition coefficient (Wildman–Crippen LogP) is 2.00. The minimum absolute atomic E-state index is 0.0654. The summed E-state index contributed by atoms with van der Waals surface area (Å²) in [5.74, 6) is 0.304. The fourth-order valence-electron chi connectivity index (χ4n) is 2.77. The maximum absolute atomic E-state index is 12.0. The summed E-state index contributed by atoms with van der Waals surface area (Å²) in [6.45, 7) is 10.7. The Balaban J connectivity index is 2.39. The van der Waals surface area contributed by atoms with Crippen LogP contribution >= 0.6 is 0 Å². The van der Waals surface area contributed by atoms with Gasteiger partial charge < -0.3 is 19.5 Å². The molecule has 0 aliphatic carbocycles. The Morgan fingerprint density at radius 2 is 2.10 bits per heavy atom. The van der Waals surface area contributed by atoms with E-state index in [4.69, 9.17) is 14.2 Å². The second kappa shape index (κ2) is 8.71. The first-order valence-electron chi connectivity index (χ1n) is 7.86. The number of carbonyl (C=O) groups excluding carboxylic acids is 1. The molecule has 1 fully saturated rings. The second-order valence-corrected chi connectivity index (χ2v) is 6.81. The summed E-state index contributed by atoms with van der Waals surface area (Å²) in [5, 5.41) is 3.00. The maximum Gasteiger partial charge on any atom is 0.248 e. The van der Waals surface area contributed by atoms with Crippen LogP contribution < -0.4 is 5.32 Å². The summed E-state index contributed by atoms with van der Waals surface area (Å²) in [7, 11) is 1.61. The molecule has 1 N–H and O–H groups in total. The number of carbonyl (C=O) groups is 1. The predicted molar refractivity (Wildman–Crippen MR) is 82.2 cm³/mol. The standard InChI is InChI=1S/C16H31NO4/c1-12(20-10-9-19-5)15(18)17-11-13-7-6-8-21-14(13)16(2,3)4/h12-14H,6-11H2,1-5H3,(H,17,18). The van der Waals surface area contributed by atoms with Crippen LogP contribution in [0.15, 0.2) is 0 Å². The molecule has 0 aromatic heterocycles. The Hall–Kier alpha value is -0.650. The van der Waals surface area contributed by atoms with Crippen LogP contribution in [0.2, 0.25) is 0 Å². The van der Waals surface area contributed by atoms with Gasteiger partial charge >= 0.3 is 0 Å². The lowest BCUT2D eigenvalue weighted by atomic mass is 9.78. The molecule has 0 saturated carbocycles. The number of methoxy groups -OCH3 is 1. The van der Waals surface area contributed by atoms with Crippen molar-refractivity contribution < 1.29 is 19.0 Å². The van der Waals surface area contributed by atoms with Crippen molar-refractivity contribution >= 4 is 5.91 Å². The first kappa shape index (κ1) is 18.4. The normalized spacial score (nSPS) is 24.6. The van der Waals surface area contributed by atoms with Crippen LogP contribution in [0.3, 0.4) is 0 Å². The zero-order valence-corrected chi connectivity index (χ0v) is 14.1. The Morgan fingerprint density at radius 1 is 1.38 bits per heavy atom. The van der Waals surface area contributed by atoms with E-state index in [9.17, 15) is 4.79 Å². The van der Waals surface area contributed by atoms with Gasteiger partial charge in [0, 0.05) is 26.2 Å². The van der Waals surface area contributed by atoms with E-state index in [0.717, 1.165) is 19.4 Å². The topological polar surface area (TPSA) is 56.8 Å². The average molecular weight is 301 g/mol. The summed E-state index contributed by atoms with van der Waals surface area (Å²) >= 11 is 0.